The molecule has 1 amide bonds. The highest BCUT2D eigenvalue weighted by atomic mass is 16.2. The van der Waals surface area contributed by atoms with Crippen LogP contribution in [-0.4, -0.2) is 41.1 Å². The number of nitrogens with zero attached hydrogens (tertiary/aromatic N) is 2. The number of benzene rings is 1. The summed E-state index contributed by atoms with van der Waals surface area (Å²) in [5, 5.41) is 3.80. The monoisotopic (exact) mass is 421 g/mol. The van der Waals surface area contributed by atoms with E-state index in [4.69, 9.17) is 0 Å². The van der Waals surface area contributed by atoms with Gasteiger partial charge < -0.3 is 10.2 Å². The molecule has 3 aromatic rings. The van der Waals surface area contributed by atoms with Gasteiger partial charge in [-0.25, -0.2) is 4.98 Å². The largest absolute Gasteiger partial charge is 0.349 e. The van der Waals surface area contributed by atoms with Crippen LogP contribution in [0.4, 0.5) is 0 Å². The lowest BCUT2D eigenvalue weighted by atomic mass is 10.1. The summed E-state index contributed by atoms with van der Waals surface area (Å²) in [7, 11) is 0. The molecule has 3 rings (SSSR count). The van der Waals surface area contributed by atoms with Gasteiger partial charge in [0.25, 0.3) is 11.5 Å². The van der Waals surface area contributed by atoms with Crippen LogP contribution < -0.4 is 15.8 Å². The molecule has 6 heteroatoms. The van der Waals surface area contributed by atoms with Crippen molar-refractivity contribution in [1.29, 1.82) is 0 Å². The van der Waals surface area contributed by atoms with Gasteiger partial charge in [-0.05, 0) is 57.4 Å². The first-order valence-electron chi connectivity index (χ1n) is 11.2. The van der Waals surface area contributed by atoms with Gasteiger partial charge in [0.2, 0.25) is 0 Å². The molecular weight excluding hydrogens is 388 g/mol. The molecular formula is C25H33N4O2+. The maximum atomic E-state index is 13.3. The lowest BCUT2D eigenvalue weighted by Gasteiger charge is -2.18. The second-order valence-corrected chi connectivity index (χ2v) is 8.07. The van der Waals surface area contributed by atoms with E-state index in [2.05, 4.69) is 24.1 Å². The Bertz CT molecular complexity index is 1060. The van der Waals surface area contributed by atoms with Crippen molar-refractivity contribution >= 4 is 16.9 Å². The highest BCUT2D eigenvalue weighted by Gasteiger charge is 2.18. The number of carbonyl (C=O) groups excluding carboxylic acids is 1. The average molecular weight is 422 g/mol. The summed E-state index contributed by atoms with van der Waals surface area (Å²) in [6, 6.07) is 15.1. The van der Waals surface area contributed by atoms with Crippen molar-refractivity contribution in [1.82, 2.24) is 14.9 Å². The van der Waals surface area contributed by atoms with Crippen molar-refractivity contribution in [3.8, 4) is 0 Å². The zero-order valence-corrected chi connectivity index (χ0v) is 18.7. The van der Waals surface area contributed by atoms with E-state index >= 15 is 0 Å². The lowest BCUT2D eigenvalue weighted by Crippen LogP contribution is -3.11. The zero-order valence-electron chi connectivity index (χ0n) is 18.7. The summed E-state index contributed by atoms with van der Waals surface area (Å²) in [5.74, 6) is -0.319. The van der Waals surface area contributed by atoms with Crippen LogP contribution in [0.3, 0.4) is 0 Å². The van der Waals surface area contributed by atoms with Crippen LogP contribution >= 0.6 is 0 Å². The Morgan fingerprint density at radius 3 is 2.58 bits per heavy atom. The standard InChI is InChI=1S/C25H32N4O2/c1-4-28(5-2)16-10-11-19(3)27-24(30)22-17-21-14-9-15-26-23(21)29(25(22)31)18-20-12-7-6-8-13-20/h6-9,12-15,17,19H,4-5,10-11,16,18H2,1-3H3,(H,27,30)/p+1/t19-/m1/s1. The van der Waals surface area contributed by atoms with E-state index in [1.165, 1.54) is 0 Å². The maximum Gasteiger partial charge on any atom is 0.265 e. The molecule has 0 radical (unpaired) electrons. The van der Waals surface area contributed by atoms with Gasteiger partial charge in [-0.2, -0.15) is 0 Å². The summed E-state index contributed by atoms with van der Waals surface area (Å²) in [6.45, 7) is 10.1. The smallest absolute Gasteiger partial charge is 0.265 e. The third kappa shape index (κ3) is 5.79. The molecule has 0 fully saturated rings. The van der Waals surface area contributed by atoms with Gasteiger partial charge in [-0.1, -0.05) is 30.3 Å². The number of carbonyl (C=O) groups is 1. The fraction of sp³-hybridized carbons (Fsp3) is 0.400. The van der Waals surface area contributed by atoms with Crippen LogP contribution in [-0.2, 0) is 6.54 Å². The highest BCUT2D eigenvalue weighted by molar-refractivity contribution is 5.97. The number of amides is 1. The maximum absolute atomic E-state index is 13.3. The quantitative estimate of drug-likeness (QED) is 0.528. The zero-order chi connectivity index (χ0) is 22.2. The number of quaternary nitrogens is 1. The van der Waals surface area contributed by atoms with E-state index in [1.807, 2.05) is 49.4 Å². The number of hydrogen-bond acceptors (Lipinski definition) is 3. The van der Waals surface area contributed by atoms with Gasteiger partial charge in [0, 0.05) is 17.6 Å². The van der Waals surface area contributed by atoms with Gasteiger partial charge in [0.1, 0.15) is 11.2 Å². The van der Waals surface area contributed by atoms with E-state index in [0.717, 1.165) is 43.4 Å². The minimum absolute atomic E-state index is 0.00836. The van der Waals surface area contributed by atoms with Gasteiger partial charge in [-0.15, -0.1) is 0 Å². The molecule has 0 aliphatic carbocycles. The molecule has 6 nitrogen and oxygen atoms in total. The number of rotatable bonds is 10. The number of nitrogens with one attached hydrogen (secondary N) is 2. The van der Waals surface area contributed by atoms with Crippen LogP contribution in [0.25, 0.3) is 11.0 Å². The molecule has 2 heterocycles. The van der Waals surface area contributed by atoms with Gasteiger partial charge >= 0.3 is 0 Å². The third-order valence-electron chi connectivity index (χ3n) is 5.82. The molecule has 2 aromatic heterocycles. The number of fused-ring (bicyclic) bond motifs is 1. The predicted octanol–water partition coefficient (Wildman–Crippen LogP) is 2.27. The van der Waals surface area contributed by atoms with Crippen LogP contribution in [0.1, 0.15) is 49.5 Å². The van der Waals surface area contributed by atoms with Crippen molar-refractivity contribution in [2.75, 3.05) is 19.6 Å². The molecule has 0 saturated carbocycles. The van der Waals surface area contributed by atoms with Crippen molar-refractivity contribution < 1.29 is 9.69 Å². The molecule has 2 N–H and O–H groups in total. The molecule has 0 spiro atoms. The molecule has 164 valence electrons. The van der Waals surface area contributed by atoms with Crippen LogP contribution in [0, 0.1) is 0 Å². The molecule has 31 heavy (non-hydrogen) atoms. The first-order valence-corrected chi connectivity index (χ1v) is 11.2. The Morgan fingerprint density at radius 1 is 1.13 bits per heavy atom. The number of pyridine rings is 2. The fourth-order valence-electron chi connectivity index (χ4n) is 3.92. The summed E-state index contributed by atoms with van der Waals surface area (Å²) in [6.07, 6.45) is 3.60. The SMILES string of the molecule is CC[NH+](CC)CCC[C@@H](C)NC(=O)c1cc2cccnc2n(Cc2ccccc2)c1=O. The second kappa shape index (κ2) is 10.9. The summed E-state index contributed by atoms with van der Waals surface area (Å²) < 4.78 is 1.59. The van der Waals surface area contributed by atoms with E-state index in [-0.39, 0.29) is 23.1 Å². The summed E-state index contributed by atoms with van der Waals surface area (Å²) >= 11 is 0. The summed E-state index contributed by atoms with van der Waals surface area (Å²) in [4.78, 5) is 32.2. The molecule has 0 unspecified atom stereocenters. The van der Waals surface area contributed by atoms with Gasteiger partial charge in [-0.3, -0.25) is 14.2 Å². The Hall–Kier alpha value is -2.99. The van der Waals surface area contributed by atoms with Crippen molar-refractivity contribution in [3.05, 3.63) is 76.2 Å². The lowest BCUT2D eigenvalue weighted by molar-refractivity contribution is -0.896. The molecule has 0 aliphatic heterocycles. The van der Waals surface area contributed by atoms with Crippen molar-refractivity contribution in [2.24, 2.45) is 0 Å². The van der Waals surface area contributed by atoms with Crippen molar-refractivity contribution in [2.45, 2.75) is 46.2 Å². The van der Waals surface area contributed by atoms with E-state index in [1.54, 1.807) is 21.7 Å². The first-order chi connectivity index (χ1) is 15.0. The van der Waals surface area contributed by atoms with E-state index in [0.29, 0.717) is 12.2 Å². The molecule has 0 saturated heterocycles. The first kappa shape index (κ1) is 22.7. The molecule has 0 bridgehead atoms. The molecule has 1 aromatic carbocycles. The number of hydrogen-bond donors (Lipinski definition) is 2. The third-order valence-corrected chi connectivity index (χ3v) is 5.82. The Balaban J connectivity index is 1.80. The van der Waals surface area contributed by atoms with Crippen LogP contribution in [0.15, 0.2) is 59.5 Å². The van der Waals surface area contributed by atoms with Crippen LogP contribution in [0.5, 0.6) is 0 Å². The van der Waals surface area contributed by atoms with Crippen molar-refractivity contribution in [3.63, 3.8) is 0 Å². The van der Waals surface area contributed by atoms with E-state index in [9.17, 15) is 9.59 Å². The van der Waals surface area contributed by atoms with Gasteiger partial charge in [0.05, 0.1) is 26.2 Å². The summed E-state index contributed by atoms with van der Waals surface area (Å²) in [5.41, 5.74) is 1.43. The normalized spacial score (nSPS) is 12.3. The Kier molecular flexibility index (Phi) is 7.95. The predicted molar refractivity (Wildman–Crippen MR) is 125 cm³/mol. The minimum atomic E-state index is -0.319. The highest BCUT2D eigenvalue weighted by Crippen LogP contribution is 2.13. The second-order valence-electron chi connectivity index (χ2n) is 8.07. The molecule has 0 aliphatic rings. The Labute approximate surface area is 183 Å². The average Bonchev–Trinajstić information content (AvgIpc) is 2.79. The topological polar surface area (TPSA) is 68.4 Å². The van der Waals surface area contributed by atoms with Gasteiger partial charge in [0.15, 0.2) is 0 Å². The fourth-order valence-corrected chi connectivity index (χ4v) is 3.92. The minimum Gasteiger partial charge on any atom is -0.349 e. The molecule has 1 atom stereocenters. The number of aromatic nitrogens is 2. The van der Waals surface area contributed by atoms with Crippen LogP contribution in [0.2, 0.25) is 0 Å². The Morgan fingerprint density at radius 2 is 1.87 bits per heavy atom. The van der Waals surface area contributed by atoms with E-state index < -0.39 is 0 Å².